The minimum Gasteiger partial charge on any atom is -0.350 e. The van der Waals surface area contributed by atoms with Gasteiger partial charge in [0.05, 0.1) is 5.69 Å². The lowest BCUT2D eigenvalue weighted by atomic mass is 10.1. The second-order valence-electron chi connectivity index (χ2n) is 6.64. The van der Waals surface area contributed by atoms with Gasteiger partial charge in [0.1, 0.15) is 10.7 Å². The van der Waals surface area contributed by atoms with Gasteiger partial charge in [0.25, 0.3) is 17.7 Å². The lowest BCUT2D eigenvalue weighted by Gasteiger charge is -2.15. The molecule has 154 valence electrons. The fourth-order valence-electron chi connectivity index (χ4n) is 3.04. The fraction of sp³-hybridized carbons (Fsp3) is 0. The van der Waals surface area contributed by atoms with Gasteiger partial charge in [-0.15, -0.1) is 0 Å². The zero-order valence-electron chi connectivity index (χ0n) is 15.9. The van der Waals surface area contributed by atoms with E-state index >= 15 is 0 Å². The number of imide groups is 1. The van der Waals surface area contributed by atoms with Crippen molar-refractivity contribution in [1.29, 1.82) is 0 Å². The maximum Gasteiger partial charge on any atom is 0.283 e. The van der Waals surface area contributed by atoms with Gasteiger partial charge in [-0.3, -0.25) is 14.4 Å². The summed E-state index contributed by atoms with van der Waals surface area (Å²) in [7, 11) is 0. The van der Waals surface area contributed by atoms with Crippen molar-refractivity contribution in [1.82, 2.24) is 0 Å². The van der Waals surface area contributed by atoms with E-state index in [1.165, 1.54) is 0 Å². The van der Waals surface area contributed by atoms with E-state index in [2.05, 4.69) is 26.6 Å². The molecule has 0 saturated carbocycles. The predicted octanol–water partition coefficient (Wildman–Crippen LogP) is 5.14. The fourth-order valence-corrected chi connectivity index (χ4v) is 3.52. The summed E-state index contributed by atoms with van der Waals surface area (Å²) in [6.45, 7) is 0. The molecule has 1 heterocycles. The average molecular weight is 497 g/mol. The van der Waals surface area contributed by atoms with Crippen LogP contribution in [0.1, 0.15) is 10.4 Å². The molecule has 8 heteroatoms. The van der Waals surface area contributed by atoms with Gasteiger partial charge in [0.15, 0.2) is 0 Å². The van der Waals surface area contributed by atoms with Crippen molar-refractivity contribution in [3.8, 4) is 0 Å². The Kier molecular flexibility index (Phi) is 5.88. The lowest BCUT2D eigenvalue weighted by molar-refractivity contribution is -0.120. The number of anilines is 3. The smallest absolute Gasteiger partial charge is 0.283 e. The topological polar surface area (TPSA) is 78.5 Å². The molecule has 0 spiro atoms. The minimum atomic E-state index is -0.616. The molecule has 31 heavy (non-hydrogen) atoms. The third-order valence-electron chi connectivity index (χ3n) is 4.54. The number of nitrogens with zero attached hydrogens (tertiary/aromatic N) is 1. The Morgan fingerprint density at radius 3 is 2.23 bits per heavy atom. The summed E-state index contributed by atoms with van der Waals surface area (Å²) in [5, 5.41) is 5.47. The number of carbonyl (C=O) groups is 3. The number of rotatable bonds is 5. The van der Waals surface area contributed by atoms with Crippen molar-refractivity contribution < 1.29 is 14.4 Å². The highest BCUT2D eigenvalue weighted by molar-refractivity contribution is 9.10. The number of carbonyl (C=O) groups excluding carboxylic acids is 3. The van der Waals surface area contributed by atoms with Crippen LogP contribution in [0, 0.1) is 0 Å². The maximum absolute atomic E-state index is 12.9. The Labute approximate surface area is 191 Å². The number of hydrogen-bond donors (Lipinski definition) is 2. The van der Waals surface area contributed by atoms with Crippen LogP contribution in [0.3, 0.4) is 0 Å². The van der Waals surface area contributed by atoms with Crippen LogP contribution in [-0.4, -0.2) is 17.7 Å². The second kappa shape index (κ2) is 8.75. The van der Waals surface area contributed by atoms with E-state index in [4.69, 9.17) is 11.6 Å². The van der Waals surface area contributed by atoms with E-state index in [1.807, 2.05) is 18.2 Å². The van der Waals surface area contributed by atoms with Gasteiger partial charge in [-0.05, 0) is 54.6 Å². The van der Waals surface area contributed by atoms with Crippen molar-refractivity contribution >= 4 is 62.3 Å². The van der Waals surface area contributed by atoms with Crippen LogP contribution in [0.4, 0.5) is 17.1 Å². The number of para-hydroxylation sites is 1. The summed E-state index contributed by atoms with van der Waals surface area (Å²) in [4.78, 5) is 39.0. The van der Waals surface area contributed by atoms with Gasteiger partial charge in [-0.2, -0.15) is 0 Å². The van der Waals surface area contributed by atoms with Crippen LogP contribution in [0.25, 0.3) is 0 Å². The molecule has 0 aromatic heterocycles. The van der Waals surface area contributed by atoms with Crippen LogP contribution in [0.5, 0.6) is 0 Å². The largest absolute Gasteiger partial charge is 0.350 e. The standard InChI is InChI=1S/C23H15BrClN3O3/c24-15-9-11-18(12-10-15)28-22(30)19(25)20(23(28)31)26-17-8-4-5-14(13-17)21(29)27-16-6-2-1-3-7-16/h1-13,26H,(H,27,29). The molecular weight excluding hydrogens is 482 g/mol. The molecule has 0 aliphatic carbocycles. The molecule has 2 N–H and O–H groups in total. The SMILES string of the molecule is O=C(Nc1ccccc1)c1cccc(NC2=C(Cl)C(=O)N(c3ccc(Br)cc3)C2=O)c1. The van der Waals surface area contributed by atoms with Crippen LogP contribution < -0.4 is 15.5 Å². The molecule has 0 fully saturated rings. The van der Waals surface area contributed by atoms with Gasteiger partial charge in [-0.25, -0.2) is 4.90 Å². The third kappa shape index (κ3) is 4.38. The van der Waals surface area contributed by atoms with Crippen LogP contribution in [0.2, 0.25) is 0 Å². The molecule has 0 unspecified atom stereocenters. The quantitative estimate of drug-likeness (QED) is 0.480. The van der Waals surface area contributed by atoms with Gasteiger partial charge >= 0.3 is 0 Å². The monoisotopic (exact) mass is 495 g/mol. The molecule has 3 aromatic carbocycles. The zero-order valence-corrected chi connectivity index (χ0v) is 18.3. The Bertz CT molecular complexity index is 1210. The van der Waals surface area contributed by atoms with Crippen LogP contribution >= 0.6 is 27.5 Å². The molecule has 1 aliphatic rings. The van der Waals surface area contributed by atoms with Crippen LogP contribution in [-0.2, 0) is 9.59 Å². The van der Waals surface area contributed by atoms with Gasteiger partial charge in [-0.1, -0.05) is 51.8 Å². The van der Waals surface area contributed by atoms with E-state index in [-0.39, 0.29) is 16.6 Å². The first kappa shape index (κ1) is 20.8. The van der Waals surface area contributed by atoms with Crippen molar-refractivity contribution in [2.75, 3.05) is 15.5 Å². The van der Waals surface area contributed by atoms with E-state index < -0.39 is 11.8 Å². The third-order valence-corrected chi connectivity index (χ3v) is 5.42. The first-order valence-corrected chi connectivity index (χ1v) is 10.4. The van der Waals surface area contributed by atoms with E-state index in [0.717, 1.165) is 9.37 Å². The zero-order chi connectivity index (χ0) is 22.0. The molecule has 4 rings (SSSR count). The van der Waals surface area contributed by atoms with E-state index in [9.17, 15) is 14.4 Å². The molecule has 0 radical (unpaired) electrons. The highest BCUT2D eigenvalue weighted by Crippen LogP contribution is 2.31. The average Bonchev–Trinajstić information content (AvgIpc) is 2.98. The van der Waals surface area contributed by atoms with Gasteiger partial charge in [0, 0.05) is 21.4 Å². The number of hydrogen-bond acceptors (Lipinski definition) is 4. The van der Waals surface area contributed by atoms with Crippen molar-refractivity contribution in [2.24, 2.45) is 0 Å². The Morgan fingerprint density at radius 1 is 0.839 bits per heavy atom. The first-order chi connectivity index (χ1) is 14.9. The Hall–Kier alpha value is -3.42. The highest BCUT2D eigenvalue weighted by atomic mass is 79.9. The van der Waals surface area contributed by atoms with Crippen molar-refractivity contribution in [3.63, 3.8) is 0 Å². The van der Waals surface area contributed by atoms with Gasteiger partial charge in [0.2, 0.25) is 0 Å². The lowest BCUT2D eigenvalue weighted by Crippen LogP contribution is -2.32. The molecule has 0 saturated heterocycles. The summed E-state index contributed by atoms with van der Waals surface area (Å²) in [5.74, 6) is -1.49. The van der Waals surface area contributed by atoms with E-state index in [0.29, 0.717) is 22.6 Å². The van der Waals surface area contributed by atoms with Crippen molar-refractivity contribution in [2.45, 2.75) is 0 Å². The molecular formula is C23H15BrClN3O3. The summed E-state index contributed by atoms with van der Waals surface area (Å²) in [6, 6.07) is 22.4. The normalized spacial score (nSPS) is 13.5. The summed E-state index contributed by atoms with van der Waals surface area (Å²) >= 11 is 9.50. The van der Waals surface area contributed by atoms with Crippen LogP contribution in [0.15, 0.2) is 94.1 Å². The number of nitrogens with one attached hydrogen (secondary N) is 2. The summed E-state index contributed by atoms with van der Waals surface area (Å²) < 4.78 is 0.818. The highest BCUT2D eigenvalue weighted by Gasteiger charge is 2.38. The Balaban J connectivity index is 1.54. The predicted molar refractivity (Wildman–Crippen MR) is 124 cm³/mol. The van der Waals surface area contributed by atoms with Crippen molar-refractivity contribution in [3.05, 3.63) is 99.6 Å². The molecule has 3 amide bonds. The molecule has 0 bridgehead atoms. The van der Waals surface area contributed by atoms with E-state index in [1.54, 1.807) is 60.7 Å². The first-order valence-electron chi connectivity index (χ1n) is 9.21. The molecule has 3 aromatic rings. The number of halogens is 2. The molecule has 0 atom stereocenters. The summed E-state index contributed by atoms with van der Waals surface area (Å²) in [6.07, 6.45) is 0. The number of amides is 3. The minimum absolute atomic E-state index is 0.0461. The molecule has 1 aliphatic heterocycles. The maximum atomic E-state index is 12.9. The summed E-state index contributed by atoms with van der Waals surface area (Å²) in [5.41, 5.74) is 1.86. The second-order valence-corrected chi connectivity index (χ2v) is 7.93. The number of benzene rings is 3. The Morgan fingerprint density at radius 2 is 1.52 bits per heavy atom. The van der Waals surface area contributed by atoms with Gasteiger partial charge < -0.3 is 10.6 Å². The molecule has 6 nitrogen and oxygen atoms in total.